The van der Waals surface area contributed by atoms with Gasteiger partial charge >= 0.3 is 0 Å². The molecular weight excluding hydrogens is 192 g/mol. The first kappa shape index (κ1) is 9.28. The molecule has 0 saturated carbocycles. The molecule has 1 nitrogen and oxygen atoms in total. The number of methoxy groups -OCH3 is 1. The first-order chi connectivity index (χ1) is 6.79. The summed E-state index contributed by atoms with van der Waals surface area (Å²) in [4.78, 5) is 1.34. The lowest BCUT2D eigenvalue weighted by atomic mass is 10.1. The fraction of sp³-hybridized carbons (Fsp3) is 0.167. The van der Waals surface area contributed by atoms with E-state index in [1.165, 1.54) is 16.0 Å². The second-order valence-corrected chi connectivity index (χ2v) is 4.29. The van der Waals surface area contributed by atoms with Crippen LogP contribution < -0.4 is 4.74 Å². The summed E-state index contributed by atoms with van der Waals surface area (Å²) in [6, 6.07) is 10.3. The van der Waals surface area contributed by atoms with Crippen molar-refractivity contribution in [1.82, 2.24) is 0 Å². The maximum Gasteiger partial charge on any atom is 0.118 e. The highest BCUT2D eigenvalue weighted by molar-refractivity contribution is 7.10. The Morgan fingerprint density at radius 3 is 2.29 bits per heavy atom. The minimum atomic E-state index is 0.903. The molecule has 0 atom stereocenters. The molecule has 14 heavy (non-hydrogen) atoms. The van der Waals surface area contributed by atoms with Crippen LogP contribution >= 0.6 is 11.3 Å². The Hall–Kier alpha value is -1.28. The van der Waals surface area contributed by atoms with E-state index in [4.69, 9.17) is 4.74 Å². The van der Waals surface area contributed by atoms with Crippen molar-refractivity contribution in [2.45, 2.75) is 6.92 Å². The van der Waals surface area contributed by atoms with Crippen LogP contribution in [0, 0.1) is 6.92 Å². The van der Waals surface area contributed by atoms with Crippen LogP contribution in [0.2, 0.25) is 0 Å². The molecule has 72 valence electrons. The molecule has 2 rings (SSSR count). The molecule has 0 aliphatic heterocycles. The zero-order valence-corrected chi connectivity index (χ0v) is 9.10. The van der Waals surface area contributed by atoms with Crippen molar-refractivity contribution in [2.24, 2.45) is 0 Å². The predicted molar refractivity (Wildman–Crippen MR) is 61.0 cm³/mol. The number of rotatable bonds is 2. The van der Waals surface area contributed by atoms with E-state index in [2.05, 4.69) is 30.5 Å². The standard InChI is InChI=1S/C12H12OS/c1-9-7-11(8-14-9)10-3-5-12(13-2)6-4-10/h3-8H,1-2H3. The van der Waals surface area contributed by atoms with Gasteiger partial charge in [0.2, 0.25) is 0 Å². The number of ether oxygens (including phenoxy) is 1. The fourth-order valence-corrected chi connectivity index (χ4v) is 2.09. The van der Waals surface area contributed by atoms with Crippen molar-refractivity contribution in [3.05, 3.63) is 40.6 Å². The SMILES string of the molecule is COc1ccc(-c2csc(C)c2)cc1. The molecule has 0 saturated heterocycles. The second-order valence-electron chi connectivity index (χ2n) is 3.17. The quantitative estimate of drug-likeness (QED) is 0.724. The number of hydrogen-bond donors (Lipinski definition) is 0. The Balaban J connectivity index is 2.33. The Kier molecular flexibility index (Phi) is 2.55. The first-order valence-corrected chi connectivity index (χ1v) is 5.37. The third kappa shape index (κ3) is 1.80. The summed E-state index contributed by atoms with van der Waals surface area (Å²) in [6.45, 7) is 2.12. The Labute approximate surface area is 88.0 Å². The van der Waals surface area contributed by atoms with Gasteiger partial charge in [0.05, 0.1) is 7.11 Å². The Morgan fingerprint density at radius 1 is 1.07 bits per heavy atom. The average molecular weight is 204 g/mol. The molecule has 1 aromatic carbocycles. The highest BCUT2D eigenvalue weighted by atomic mass is 32.1. The lowest BCUT2D eigenvalue weighted by molar-refractivity contribution is 0.415. The molecule has 0 amide bonds. The van der Waals surface area contributed by atoms with Gasteiger partial charge in [-0.25, -0.2) is 0 Å². The lowest BCUT2D eigenvalue weighted by Crippen LogP contribution is -1.81. The molecule has 1 aromatic heterocycles. The molecule has 0 fully saturated rings. The van der Waals surface area contributed by atoms with Crippen molar-refractivity contribution >= 4 is 11.3 Å². The van der Waals surface area contributed by atoms with E-state index < -0.39 is 0 Å². The Bertz CT molecular complexity index is 414. The zero-order valence-electron chi connectivity index (χ0n) is 8.28. The van der Waals surface area contributed by atoms with E-state index in [9.17, 15) is 0 Å². The second kappa shape index (κ2) is 3.84. The zero-order chi connectivity index (χ0) is 9.97. The van der Waals surface area contributed by atoms with Crippen LogP contribution in [0.25, 0.3) is 11.1 Å². The highest BCUT2D eigenvalue weighted by Gasteiger charge is 1.99. The van der Waals surface area contributed by atoms with E-state index in [1.54, 1.807) is 18.4 Å². The monoisotopic (exact) mass is 204 g/mol. The number of benzene rings is 1. The van der Waals surface area contributed by atoms with Crippen LogP contribution in [0.3, 0.4) is 0 Å². The van der Waals surface area contributed by atoms with Crippen LogP contribution in [0.5, 0.6) is 5.75 Å². The number of hydrogen-bond acceptors (Lipinski definition) is 2. The third-order valence-electron chi connectivity index (χ3n) is 2.15. The number of thiophene rings is 1. The van der Waals surface area contributed by atoms with Gasteiger partial charge in [0.1, 0.15) is 5.75 Å². The summed E-state index contributed by atoms with van der Waals surface area (Å²) in [6.07, 6.45) is 0. The van der Waals surface area contributed by atoms with Crippen molar-refractivity contribution in [3.63, 3.8) is 0 Å². The summed E-state index contributed by atoms with van der Waals surface area (Å²) < 4.78 is 5.11. The van der Waals surface area contributed by atoms with Gasteiger partial charge in [-0.3, -0.25) is 0 Å². The first-order valence-electron chi connectivity index (χ1n) is 4.49. The summed E-state index contributed by atoms with van der Waals surface area (Å²) in [5.41, 5.74) is 2.53. The molecule has 0 aliphatic carbocycles. The van der Waals surface area contributed by atoms with Crippen LogP contribution in [0.1, 0.15) is 4.88 Å². The van der Waals surface area contributed by atoms with Gasteiger partial charge in [-0.15, -0.1) is 11.3 Å². The third-order valence-corrected chi connectivity index (χ3v) is 3.02. The fourth-order valence-electron chi connectivity index (χ4n) is 1.38. The molecule has 0 N–H and O–H groups in total. The van der Waals surface area contributed by atoms with Gasteiger partial charge in [-0.2, -0.15) is 0 Å². The van der Waals surface area contributed by atoms with Crippen LogP contribution in [-0.2, 0) is 0 Å². The van der Waals surface area contributed by atoms with Gasteiger partial charge in [0.15, 0.2) is 0 Å². The molecule has 0 unspecified atom stereocenters. The summed E-state index contributed by atoms with van der Waals surface area (Å²) in [7, 11) is 1.68. The van der Waals surface area contributed by atoms with Crippen LogP contribution in [0.15, 0.2) is 35.7 Å². The van der Waals surface area contributed by atoms with E-state index in [0.29, 0.717) is 0 Å². The molecular formula is C12H12OS. The van der Waals surface area contributed by atoms with Gasteiger partial charge in [-0.05, 0) is 41.6 Å². The molecule has 0 radical (unpaired) electrons. The van der Waals surface area contributed by atoms with Gasteiger partial charge in [0.25, 0.3) is 0 Å². The van der Waals surface area contributed by atoms with E-state index >= 15 is 0 Å². The van der Waals surface area contributed by atoms with E-state index in [0.717, 1.165) is 5.75 Å². The van der Waals surface area contributed by atoms with Crippen molar-refractivity contribution < 1.29 is 4.74 Å². The smallest absolute Gasteiger partial charge is 0.118 e. The van der Waals surface area contributed by atoms with E-state index in [-0.39, 0.29) is 0 Å². The van der Waals surface area contributed by atoms with Gasteiger partial charge in [0, 0.05) is 4.88 Å². The van der Waals surface area contributed by atoms with E-state index in [1.807, 2.05) is 12.1 Å². The maximum atomic E-state index is 5.11. The molecule has 2 heteroatoms. The molecule has 1 heterocycles. The average Bonchev–Trinajstić information content (AvgIpc) is 2.65. The molecule has 0 aliphatic rings. The Morgan fingerprint density at radius 2 is 1.79 bits per heavy atom. The maximum absolute atomic E-state index is 5.11. The minimum absolute atomic E-state index is 0.903. The predicted octanol–water partition coefficient (Wildman–Crippen LogP) is 3.73. The van der Waals surface area contributed by atoms with Crippen LogP contribution in [-0.4, -0.2) is 7.11 Å². The lowest BCUT2D eigenvalue weighted by Gasteiger charge is -2.00. The van der Waals surface area contributed by atoms with Crippen molar-refractivity contribution in [1.29, 1.82) is 0 Å². The molecule has 0 spiro atoms. The normalized spacial score (nSPS) is 10.1. The topological polar surface area (TPSA) is 9.23 Å². The minimum Gasteiger partial charge on any atom is -0.497 e. The molecule has 0 bridgehead atoms. The van der Waals surface area contributed by atoms with Gasteiger partial charge in [-0.1, -0.05) is 12.1 Å². The van der Waals surface area contributed by atoms with Gasteiger partial charge < -0.3 is 4.74 Å². The largest absolute Gasteiger partial charge is 0.497 e. The van der Waals surface area contributed by atoms with Crippen molar-refractivity contribution in [3.8, 4) is 16.9 Å². The summed E-state index contributed by atoms with van der Waals surface area (Å²) in [5, 5.41) is 2.18. The summed E-state index contributed by atoms with van der Waals surface area (Å²) >= 11 is 1.78. The number of aryl methyl sites for hydroxylation is 1. The highest BCUT2D eigenvalue weighted by Crippen LogP contribution is 2.26. The summed E-state index contributed by atoms with van der Waals surface area (Å²) in [5.74, 6) is 0.903. The van der Waals surface area contributed by atoms with Crippen LogP contribution in [0.4, 0.5) is 0 Å². The molecule has 2 aromatic rings. The van der Waals surface area contributed by atoms with Crippen molar-refractivity contribution in [2.75, 3.05) is 7.11 Å².